The van der Waals surface area contributed by atoms with Crippen LogP contribution in [0.4, 0.5) is 0 Å². The van der Waals surface area contributed by atoms with Gasteiger partial charge in [-0.05, 0) is 0 Å². The molecule has 0 atom stereocenters. The topological polar surface area (TPSA) is 94.8 Å². The maximum absolute atomic E-state index is 8.88. The third-order valence-electron chi connectivity index (χ3n) is 0. The van der Waals surface area contributed by atoms with Gasteiger partial charge in [0.1, 0.15) is 0 Å². The van der Waals surface area contributed by atoms with Gasteiger partial charge in [0.25, 0.3) is 0 Å². The van der Waals surface area contributed by atoms with Crippen LogP contribution in [0.15, 0.2) is 0 Å². The molecular weight excluding hydrogens is 173 g/mol. The summed E-state index contributed by atoms with van der Waals surface area (Å²) in [5.41, 5.74) is 0. The Bertz CT molecular complexity index is 70.8. The van der Waals surface area contributed by atoms with Crippen LogP contribution < -0.4 is 0 Å². The summed E-state index contributed by atoms with van der Waals surface area (Å²) in [4.78, 5) is 21.6. The SMILES string of the molecule is O=P(O)(O)O.[LiH].[LiH].[O]=[Ti]. The Balaban J connectivity index is -0.0000000286. The van der Waals surface area contributed by atoms with E-state index in [4.69, 9.17) is 22.6 Å². The fourth-order valence-electron chi connectivity index (χ4n) is 0. The van der Waals surface area contributed by atoms with E-state index in [0.29, 0.717) is 0 Å². The van der Waals surface area contributed by atoms with Crippen molar-refractivity contribution in [1.82, 2.24) is 0 Å². The zero-order valence-corrected chi connectivity index (χ0v) is 5.56. The standard InChI is InChI=1S/2Li.H3O4P.O.Ti.2H/c;;1-5(2,3)4;;;;/h;;(H3,1,2,3,4);;;;. The van der Waals surface area contributed by atoms with Crippen LogP contribution in [0.3, 0.4) is 0 Å². The molecule has 0 spiro atoms. The van der Waals surface area contributed by atoms with Gasteiger partial charge in [-0.1, -0.05) is 0 Å². The molecule has 0 fully saturated rings. The van der Waals surface area contributed by atoms with Gasteiger partial charge in [-0.3, -0.25) is 0 Å². The molecule has 9 heteroatoms. The Labute approximate surface area is 87.9 Å². The van der Waals surface area contributed by atoms with Crippen LogP contribution in [0.1, 0.15) is 0 Å². The normalized spacial score (nSPS) is 6.89. The van der Waals surface area contributed by atoms with Crippen LogP contribution >= 0.6 is 7.82 Å². The van der Waals surface area contributed by atoms with Gasteiger partial charge < -0.3 is 14.7 Å². The summed E-state index contributed by atoms with van der Waals surface area (Å²) in [6, 6.07) is 0. The summed E-state index contributed by atoms with van der Waals surface area (Å²) >= 11 is 0.750. The van der Waals surface area contributed by atoms with Crippen LogP contribution in [0, 0.1) is 0 Å². The monoisotopic (exact) mass is 178 g/mol. The van der Waals surface area contributed by atoms with Crippen molar-refractivity contribution in [2.45, 2.75) is 0 Å². The summed E-state index contributed by atoms with van der Waals surface area (Å²) in [6.45, 7) is 0. The van der Waals surface area contributed by atoms with E-state index < -0.39 is 7.82 Å². The van der Waals surface area contributed by atoms with E-state index >= 15 is 0 Å². The predicted molar refractivity (Wildman–Crippen MR) is 29.2 cm³/mol. The minimum atomic E-state index is -4.64. The number of hydrogen-bond acceptors (Lipinski definition) is 2. The third-order valence-corrected chi connectivity index (χ3v) is 0. The summed E-state index contributed by atoms with van der Waals surface area (Å²) in [5, 5.41) is 0. The molecule has 0 unspecified atom stereocenters. The first-order chi connectivity index (χ1) is 3.00. The minimum absolute atomic E-state index is 0. The molecule has 0 aliphatic rings. The predicted octanol–water partition coefficient (Wildman–Crippen LogP) is -2.35. The zero-order chi connectivity index (χ0) is 6.50. The van der Waals surface area contributed by atoms with Crippen LogP contribution in [0.2, 0.25) is 0 Å². The van der Waals surface area contributed by atoms with Crippen molar-refractivity contribution in [2.24, 2.45) is 0 Å². The first-order valence-corrected chi connectivity index (χ1v) is 3.19. The Hall–Kier alpha value is 1.82. The van der Waals surface area contributed by atoms with E-state index in [1.807, 2.05) is 0 Å². The van der Waals surface area contributed by atoms with Gasteiger partial charge in [0, 0.05) is 0 Å². The molecule has 5 nitrogen and oxygen atoms in total. The van der Waals surface area contributed by atoms with E-state index in [1.165, 1.54) is 0 Å². The van der Waals surface area contributed by atoms with Gasteiger partial charge in [-0.2, -0.15) is 0 Å². The molecule has 0 heterocycles. The second kappa shape index (κ2) is 12.5. The summed E-state index contributed by atoms with van der Waals surface area (Å²) in [5.74, 6) is 0. The molecule has 3 N–H and O–H groups in total. The van der Waals surface area contributed by atoms with Crippen LogP contribution in [0.5, 0.6) is 0 Å². The summed E-state index contributed by atoms with van der Waals surface area (Å²) < 4.78 is 17.1. The van der Waals surface area contributed by atoms with Crippen LogP contribution in [0.25, 0.3) is 0 Å². The fraction of sp³-hybridized carbons (Fsp3) is 0. The van der Waals surface area contributed by atoms with Gasteiger partial charge in [-0.25, -0.2) is 4.57 Å². The van der Waals surface area contributed by atoms with Gasteiger partial charge in [0.2, 0.25) is 0 Å². The molecule has 0 aromatic heterocycles. The molecule has 0 saturated heterocycles. The Morgan fingerprint density at radius 2 is 1.00 bits per heavy atom. The Kier molecular flexibility index (Phi) is 31.1. The first-order valence-electron chi connectivity index (χ1n) is 0.987. The van der Waals surface area contributed by atoms with E-state index in [2.05, 4.69) is 0 Å². The number of rotatable bonds is 0. The van der Waals surface area contributed by atoms with Gasteiger partial charge in [0.15, 0.2) is 0 Å². The Morgan fingerprint density at radius 1 is 1.00 bits per heavy atom. The molecule has 9 heavy (non-hydrogen) atoms. The van der Waals surface area contributed by atoms with Crippen molar-refractivity contribution in [3.63, 3.8) is 0 Å². The molecule has 0 radical (unpaired) electrons. The van der Waals surface area contributed by atoms with Crippen molar-refractivity contribution in [3.05, 3.63) is 0 Å². The van der Waals surface area contributed by atoms with Crippen molar-refractivity contribution in [1.29, 1.82) is 0 Å². The molecule has 0 saturated carbocycles. The summed E-state index contributed by atoms with van der Waals surface area (Å²) in [6.07, 6.45) is 0. The van der Waals surface area contributed by atoms with E-state index in [0.717, 1.165) is 20.4 Å². The van der Waals surface area contributed by atoms with Gasteiger partial charge in [0.05, 0.1) is 0 Å². The van der Waals surface area contributed by atoms with Gasteiger partial charge >= 0.3 is 69.3 Å². The molecule has 46 valence electrons. The van der Waals surface area contributed by atoms with Crippen LogP contribution in [-0.2, 0) is 28.3 Å². The Morgan fingerprint density at radius 3 is 1.00 bits per heavy atom. The molecule has 0 amide bonds. The molecule has 0 aromatic carbocycles. The van der Waals surface area contributed by atoms with E-state index in [9.17, 15) is 0 Å². The van der Waals surface area contributed by atoms with Crippen molar-refractivity contribution in [2.75, 3.05) is 0 Å². The maximum atomic E-state index is 8.88. The third kappa shape index (κ3) is 181. The van der Waals surface area contributed by atoms with Gasteiger partial charge in [-0.15, -0.1) is 0 Å². The van der Waals surface area contributed by atoms with Crippen LogP contribution in [-0.4, -0.2) is 52.4 Å². The number of hydrogen-bond donors (Lipinski definition) is 3. The average molecular weight is 178 g/mol. The quantitative estimate of drug-likeness (QED) is 0.285. The molecule has 0 aliphatic carbocycles. The van der Waals surface area contributed by atoms with Crippen molar-refractivity contribution >= 4 is 45.5 Å². The zero-order valence-electron chi connectivity index (χ0n) is 3.11. The summed E-state index contributed by atoms with van der Waals surface area (Å²) in [7, 11) is -4.64. The molecule has 0 aromatic rings. The molecular formula is H5Li2O5PTi. The number of phosphoric acid groups is 1. The second-order valence-corrected chi connectivity index (χ2v) is 1.54. The average Bonchev–Trinajstić information content (AvgIpc) is 1.36. The van der Waals surface area contributed by atoms with E-state index in [1.54, 1.807) is 0 Å². The molecule has 0 rings (SSSR count). The first kappa shape index (κ1) is 22.4. The van der Waals surface area contributed by atoms with Crippen molar-refractivity contribution < 1.29 is 43.0 Å². The molecule has 0 bridgehead atoms. The fourth-order valence-corrected chi connectivity index (χ4v) is 0. The second-order valence-electron chi connectivity index (χ2n) is 0.513. The van der Waals surface area contributed by atoms with E-state index in [-0.39, 0.29) is 37.7 Å². The molecule has 0 aliphatic heterocycles. The van der Waals surface area contributed by atoms with Crippen molar-refractivity contribution in [3.8, 4) is 0 Å².